The summed E-state index contributed by atoms with van der Waals surface area (Å²) in [6.45, 7) is 0.774. The maximum absolute atomic E-state index is 4.25. The molecule has 0 amide bonds. The van der Waals surface area contributed by atoms with Gasteiger partial charge in [-0.3, -0.25) is 0 Å². The number of hydrogen-bond donors (Lipinski definition) is 1. The Bertz CT molecular complexity index is 602. The van der Waals surface area contributed by atoms with Crippen molar-refractivity contribution in [1.82, 2.24) is 25.5 Å². The van der Waals surface area contributed by atoms with Crippen LogP contribution in [0.5, 0.6) is 0 Å². The van der Waals surface area contributed by atoms with Gasteiger partial charge in [0.25, 0.3) is 0 Å². The maximum atomic E-state index is 4.25. The Hall–Kier alpha value is -1.75. The molecule has 0 spiro atoms. The van der Waals surface area contributed by atoms with Crippen LogP contribution in [0.2, 0.25) is 0 Å². The minimum atomic E-state index is 0.297. The molecule has 1 aromatic carbocycles. The standard InChI is InChI=1S/C15H19N5/c1-2-6-13-11(4-1)5-3-7-14(13)20-15(17-18-19-20)10-16-12-8-9-12/h1-2,4,6,12,14,16H,3,5,7-10H2. The highest BCUT2D eigenvalue weighted by atomic mass is 15.6. The number of aryl methyl sites for hydroxylation is 1. The SMILES string of the molecule is c1ccc2c(c1)CCCC2n1nnnc1CNC1CC1. The molecule has 1 heterocycles. The van der Waals surface area contributed by atoms with Crippen LogP contribution in [0.1, 0.15) is 48.7 Å². The highest BCUT2D eigenvalue weighted by molar-refractivity contribution is 5.32. The van der Waals surface area contributed by atoms with Gasteiger partial charge in [-0.15, -0.1) is 5.10 Å². The van der Waals surface area contributed by atoms with Crippen molar-refractivity contribution in [1.29, 1.82) is 0 Å². The van der Waals surface area contributed by atoms with Crippen LogP contribution in [0.3, 0.4) is 0 Å². The lowest BCUT2D eigenvalue weighted by molar-refractivity contribution is 0.422. The van der Waals surface area contributed by atoms with Crippen molar-refractivity contribution in [2.75, 3.05) is 0 Å². The minimum absolute atomic E-state index is 0.297. The molecule has 5 nitrogen and oxygen atoms in total. The van der Waals surface area contributed by atoms with E-state index >= 15 is 0 Å². The molecule has 1 fully saturated rings. The van der Waals surface area contributed by atoms with Gasteiger partial charge in [0, 0.05) is 6.04 Å². The van der Waals surface area contributed by atoms with Crippen LogP contribution in [0, 0.1) is 0 Å². The number of benzene rings is 1. The summed E-state index contributed by atoms with van der Waals surface area (Å²) < 4.78 is 2.02. The fourth-order valence-corrected chi connectivity index (χ4v) is 3.08. The smallest absolute Gasteiger partial charge is 0.165 e. The van der Waals surface area contributed by atoms with Gasteiger partial charge < -0.3 is 5.32 Å². The van der Waals surface area contributed by atoms with Crippen LogP contribution < -0.4 is 5.32 Å². The molecule has 0 aliphatic heterocycles. The lowest BCUT2D eigenvalue weighted by atomic mass is 9.88. The Morgan fingerprint density at radius 1 is 1.20 bits per heavy atom. The average molecular weight is 269 g/mol. The molecule has 20 heavy (non-hydrogen) atoms. The molecule has 1 aromatic heterocycles. The molecule has 2 aliphatic carbocycles. The number of fused-ring (bicyclic) bond motifs is 1. The van der Waals surface area contributed by atoms with Gasteiger partial charge in [0.05, 0.1) is 12.6 Å². The molecular formula is C15H19N5. The number of hydrogen-bond acceptors (Lipinski definition) is 4. The molecule has 1 atom stereocenters. The van der Waals surface area contributed by atoms with Crippen molar-refractivity contribution >= 4 is 0 Å². The molecule has 1 N–H and O–H groups in total. The van der Waals surface area contributed by atoms with Gasteiger partial charge in [0.2, 0.25) is 0 Å². The Kier molecular flexibility index (Phi) is 2.99. The topological polar surface area (TPSA) is 55.6 Å². The third kappa shape index (κ3) is 2.22. The number of nitrogens with one attached hydrogen (secondary N) is 1. The van der Waals surface area contributed by atoms with Crippen LogP contribution in [0.25, 0.3) is 0 Å². The van der Waals surface area contributed by atoms with Gasteiger partial charge in [-0.1, -0.05) is 24.3 Å². The lowest BCUT2D eigenvalue weighted by Gasteiger charge is -2.26. The zero-order valence-electron chi connectivity index (χ0n) is 11.5. The monoisotopic (exact) mass is 269 g/mol. The molecule has 2 aromatic rings. The fourth-order valence-electron chi connectivity index (χ4n) is 3.08. The van der Waals surface area contributed by atoms with E-state index < -0.39 is 0 Å². The summed E-state index contributed by atoms with van der Waals surface area (Å²) >= 11 is 0. The molecular weight excluding hydrogens is 250 g/mol. The van der Waals surface area contributed by atoms with E-state index in [-0.39, 0.29) is 0 Å². The van der Waals surface area contributed by atoms with E-state index in [1.807, 2.05) is 4.68 Å². The summed E-state index contributed by atoms with van der Waals surface area (Å²) in [6.07, 6.45) is 6.07. The van der Waals surface area contributed by atoms with Gasteiger partial charge in [-0.25, -0.2) is 4.68 Å². The number of rotatable bonds is 4. The Morgan fingerprint density at radius 2 is 2.10 bits per heavy atom. The van der Waals surface area contributed by atoms with E-state index in [0.29, 0.717) is 12.1 Å². The molecule has 104 valence electrons. The molecule has 0 bridgehead atoms. The minimum Gasteiger partial charge on any atom is -0.307 e. The number of aromatic nitrogens is 4. The molecule has 1 unspecified atom stereocenters. The second-order valence-corrected chi connectivity index (χ2v) is 5.80. The molecule has 1 saturated carbocycles. The van der Waals surface area contributed by atoms with E-state index in [9.17, 15) is 0 Å². The summed E-state index contributed by atoms with van der Waals surface area (Å²) in [5.74, 6) is 0.957. The zero-order chi connectivity index (χ0) is 13.4. The second kappa shape index (κ2) is 4.98. The van der Waals surface area contributed by atoms with Crippen molar-refractivity contribution < 1.29 is 0 Å². The predicted molar refractivity (Wildman–Crippen MR) is 75.2 cm³/mol. The van der Waals surface area contributed by atoms with Gasteiger partial charge >= 0.3 is 0 Å². The first-order chi connectivity index (χ1) is 9.92. The van der Waals surface area contributed by atoms with E-state index in [1.165, 1.54) is 36.8 Å². The first-order valence-corrected chi connectivity index (χ1v) is 7.50. The van der Waals surface area contributed by atoms with Gasteiger partial charge in [0.1, 0.15) is 0 Å². The third-order valence-electron chi connectivity index (χ3n) is 4.32. The molecule has 0 radical (unpaired) electrons. The van der Waals surface area contributed by atoms with Crippen LogP contribution in [0.4, 0.5) is 0 Å². The first-order valence-electron chi connectivity index (χ1n) is 7.50. The lowest BCUT2D eigenvalue weighted by Crippen LogP contribution is -2.24. The summed E-state index contributed by atoms with van der Waals surface area (Å²) in [4.78, 5) is 0. The zero-order valence-corrected chi connectivity index (χ0v) is 11.5. The van der Waals surface area contributed by atoms with E-state index in [1.54, 1.807) is 0 Å². The Balaban J connectivity index is 1.62. The summed E-state index contributed by atoms with van der Waals surface area (Å²) in [5.41, 5.74) is 2.83. The summed E-state index contributed by atoms with van der Waals surface area (Å²) in [7, 11) is 0. The molecule has 5 heteroatoms. The van der Waals surface area contributed by atoms with Crippen LogP contribution in [-0.2, 0) is 13.0 Å². The van der Waals surface area contributed by atoms with Gasteiger partial charge in [-0.05, 0) is 53.7 Å². The first kappa shape index (κ1) is 12.0. The van der Waals surface area contributed by atoms with Gasteiger partial charge in [0.15, 0.2) is 5.82 Å². The summed E-state index contributed by atoms with van der Waals surface area (Å²) in [5, 5.41) is 15.8. The van der Waals surface area contributed by atoms with E-state index in [2.05, 4.69) is 45.1 Å². The fraction of sp³-hybridized carbons (Fsp3) is 0.533. The summed E-state index contributed by atoms with van der Waals surface area (Å²) in [6, 6.07) is 9.66. The normalized spacial score (nSPS) is 21.7. The van der Waals surface area contributed by atoms with Crippen LogP contribution >= 0.6 is 0 Å². The molecule has 0 saturated heterocycles. The largest absolute Gasteiger partial charge is 0.307 e. The average Bonchev–Trinajstić information content (AvgIpc) is 3.21. The maximum Gasteiger partial charge on any atom is 0.165 e. The Labute approximate surface area is 118 Å². The Morgan fingerprint density at radius 3 is 3.00 bits per heavy atom. The molecule has 4 rings (SSSR count). The number of tetrazole rings is 1. The van der Waals surface area contributed by atoms with Crippen molar-refractivity contribution in [3.05, 3.63) is 41.2 Å². The number of nitrogens with zero attached hydrogens (tertiary/aromatic N) is 4. The van der Waals surface area contributed by atoms with Crippen molar-refractivity contribution in [2.24, 2.45) is 0 Å². The van der Waals surface area contributed by atoms with E-state index in [4.69, 9.17) is 0 Å². The van der Waals surface area contributed by atoms with E-state index in [0.717, 1.165) is 18.8 Å². The predicted octanol–water partition coefficient (Wildman–Crippen LogP) is 1.85. The highest BCUT2D eigenvalue weighted by Crippen LogP contribution is 2.32. The van der Waals surface area contributed by atoms with Gasteiger partial charge in [-0.2, -0.15) is 0 Å². The van der Waals surface area contributed by atoms with Crippen molar-refractivity contribution in [3.63, 3.8) is 0 Å². The van der Waals surface area contributed by atoms with Crippen molar-refractivity contribution in [2.45, 2.75) is 50.7 Å². The molecule has 2 aliphatic rings. The third-order valence-corrected chi connectivity index (χ3v) is 4.32. The van der Waals surface area contributed by atoms with Crippen LogP contribution in [0.15, 0.2) is 24.3 Å². The van der Waals surface area contributed by atoms with Crippen LogP contribution in [-0.4, -0.2) is 26.2 Å². The highest BCUT2D eigenvalue weighted by Gasteiger charge is 2.26. The quantitative estimate of drug-likeness (QED) is 0.920. The van der Waals surface area contributed by atoms with Crippen molar-refractivity contribution in [3.8, 4) is 0 Å². The second-order valence-electron chi connectivity index (χ2n) is 5.80.